The third-order valence-corrected chi connectivity index (χ3v) is 7.02. The Labute approximate surface area is 219 Å². The number of aromatic hydroxyl groups is 1. The Balaban J connectivity index is 2.17. The minimum Gasteiger partial charge on any atom is -0.494 e. The van der Waals surface area contributed by atoms with E-state index >= 15 is 0 Å². The first kappa shape index (κ1) is 28.0. The molecule has 2 heterocycles. The first-order valence-corrected chi connectivity index (χ1v) is 13.2. The fourth-order valence-electron chi connectivity index (χ4n) is 4.83. The topological polar surface area (TPSA) is 84.5 Å². The van der Waals surface area contributed by atoms with Gasteiger partial charge in [-0.25, -0.2) is 4.79 Å². The predicted molar refractivity (Wildman–Crippen MR) is 149 cm³/mol. The highest BCUT2D eigenvalue weighted by Gasteiger charge is 2.39. The van der Waals surface area contributed by atoms with Crippen LogP contribution >= 0.6 is 0 Å². The summed E-state index contributed by atoms with van der Waals surface area (Å²) in [6, 6.07) is 8.26. The number of anilines is 1. The number of carbonyl (C=O) groups excluding carboxylic acids is 1. The zero-order valence-corrected chi connectivity index (χ0v) is 22.5. The van der Waals surface area contributed by atoms with E-state index in [4.69, 9.17) is 0 Å². The number of ketones is 1. The number of para-hydroxylation sites is 1. The summed E-state index contributed by atoms with van der Waals surface area (Å²) in [5.74, 6) is -0.526. The third-order valence-electron chi connectivity index (χ3n) is 7.02. The van der Waals surface area contributed by atoms with E-state index in [1.54, 1.807) is 0 Å². The van der Waals surface area contributed by atoms with E-state index in [1.165, 1.54) is 26.8 Å². The molecule has 0 fully saturated rings. The summed E-state index contributed by atoms with van der Waals surface area (Å²) >= 11 is 0. The monoisotopic (exact) mass is 505 g/mol. The third kappa shape index (κ3) is 5.72. The van der Waals surface area contributed by atoms with Gasteiger partial charge >= 0.3 is 5.69 Å². The maximum atomic E-state index is 13.4. The molecule has 0 aliphatic carbocycles. The number of allylic oxidation sites excluding steroid dienone is 2. The molecule has 1 aromatic carbocycles. The molecule has 0 unspecified atom stereocenters. The van der Waals surface area contributed by atoms with Gasteiger partial charge in [0.2, 0.25) is 5.88 Å². The van der Waals surface area contributed by atoms with E-state index in [2.05, 4.69) is 50.1 Å². The quantitative estimate of drug-likeness (QED) is 0.319. The summed E-state index contributed by atoms with van der Waals surface area (Å²) in [5.41, 5.74) is 5.15. The van der Waals surface area contributed by atoms with Crippen LogP contribution in [0.3, 0.4) is 0 Å². The van der Waals surface area contributed by atoms with Crippen molar-refractivity contribution in [2.24, 2.45) is 0 Å². The number of carbonyl (C=O) groups is 1. The number of hydrogen-bond acceptors (Lipinski definition) is 5. The van der Waals surface area contributed by atoms with E-state index in [0.717, 1.165) is 37.2 Å². The van der Waals surface area contributed by atoms with Crippen LogP contribution < -0.4 is 16.1 Å². The molecule has 0 radical (unpaired) electrons. The minimum atomic E-state index is -0.565. The molecule has 0 bridgehead atoms. The second kappa shape index (κ2) is 12.1. The lowest BCUT2D eigenvalue weighted by Gasteiger charge is -2.25. The van der Waals surface area contributed by atoms with Gasteiger partial charge in [-0.15, -0.1) is 0 Å². The number of rotatable bonds is 12. The van der Waals surface area contributed by atoms with Crippen molar-refractivity contribution in [3.05, 3.63) is 80.3 Å². The molecule has 2 aromatic rings. The summed E-state index contributed by atoms with van der Waals surface area (Å²) < 4.78 is 2.37. The van der Waals surface area contributed by atoms with Crippen LogP contribution in [-0.2, 0) is 23.3 Å². The molecule has 0 saturated heterocycles. The first-order valence-electron chi connectivity index (χ1n) is 13.2. The summed E-state index contributed by atoms with van der Waals surface area (Å²) in [6.45, 7) is 13.1. The Bertz CT molecular complexity index is 1340. The Morgan fingerprint density at radius 3 is 2.35 bits per heavy atom. The molecule has 37 heavy (non-hydrogen) atoms. The zero-order valence-electron chi connectivity index (χ0n) is 22.5. The lowest BCUT2D eigenvalue weighted by atomic mass is 9.84. The minimum absolute atomic E-state index is 0.0282. The van der Waals surface area contributed by atoms with Crippen molar-refractivity contribution < 1.29 is 9.90 Å². The Morgan fingerprint density at radius 1 is 1.03 bits per heavy atom. The standard InChI is InChI=1S/C30H39N3O4/c1-6-9-19-31-25-16-12-11-15-24(25)30(4,5)26(31)18-17-23-27(35)32(20-10-7-2)29(37)33(28(23)36)21-13-14-22(34)8-3/h8,11-12,15-17,36H,3,6-7,9-10,13-14,19-21H2,1-2,4-5H3. The van der Waals surface area contributed by atoms with E-state index in [1.807, 2.05) is 19.1 Å². The summed E-state index contributed by atoms with van der Waals surface area (Å²) in [6.07, 6.45) is 6.83. The van der Waals surface area contributed by atoms with Crippen LogP contribution in [0.1, 0.15) is 77.3 Å². The predicted octanol–water partition coefficient (Wildman–Crippen LogP) is 5.14. The van der Waals surface area contributed by atoms with Gasteiger partial charge in [-0.3, -0.25) is 18.7 Å². The van der Waals surface area contributed by atoms with Crippen LogP contribution in [0, 0.1) is 0 Å². The van der Waals surface area contributed by atoms with Crippen molar-refractivity contribution in [1.29, 1.82) is 0 Å². The van der Waals surface area contributed by atoms with Crippen molar-refractivity contribution in [3.8, 4) is 5.88 Å². The van der Waals surface area contributed by atoms with Crippen molar-refractivity contribution in [2.45, 2.75) is 84.7 Å². The average molecular weight is 506 g/mol. The Morgan fingerprint density at radius 2 is 1.68 bits per heavy atom. The number of benzene rings is 1. The lowest BCUT2D eigenvalue weighted by Crippen LogP contribution is -2.41. The van der Waals surface area contributed by atoms with Gasteiger partial charge in [0.05, 0.1) is 5.70 Å². The largest absolute Gasteiger partial charge is 0.494 e. The van der Waals surface area contributed by atoms with Gasteiger partial charge in [-0.1, -0.05) is 57.2 Å². The van der Waals surface area contributed by atoms with Gasteiger partial charge in [0, 0.05) is 43.2 Å². The fourth-order valence-corrected chi connectivity index (χ4v) is 4.83. The van der Waals surface area contributed by atoms with Gasteiger partial charge in [0.15, 0.2) is 5.78 Å². The molecule has 0 amide bonds. The molecule has 1 aromatic heterocycles. The number of nitrogens with zero attached hydrogens (tertiary/aromatic N) is 3. The van der Waals surface area contributed by atoms with E-state index in [0.29, 0.717) is 12.8 Å². The normalized spacial score (nSPS) is 13.8. The lowest BCUT2D eigenvalue weighted by molar-refractivity contribution is -0.114. The van der Waals surface area contributed by atoms with Gasteiger partial charge < -0.3 is 10.0 Å². The maximum Gasteiger partial charge on any atom is 0.333 e. The number of aromatic nitrogens is 2. The molecule has 0 saturated carbocycles. The van der Waals surface area contributed by atoms with Gasteiger partial charge in [0.1, 0.15) is 5.56 Å². The van der Waals surface area contributed by atoms with Crippen LogP contribution in [0.4, 0.5) is 5.69 Å². The second-order valence-electron chi connectivity index (χ2n) is 10.0. The number of unbranched alkanes of at least 4 members (excludes halogenated alkanes) is 2. The average Bonchev–Trinajstić information content (AvgIpc) is 3.10. The maximum absolute atomic E-state index is 13.4. The molecule has 1 N–H and O–H groups in total. The van der Waals surface area contributed by atoms with Crippen LogP contribution in [0.15, 0.2) is 57.9 Å². The molecular formula is C30H39N3O4. The van der Waals surface area contributed by atoms with Crippen molar-refractivity contribution in [2.75, 3.05) is 11.4 Å². The highest BCUT2D eigenvalue weighted by atomic mass is 16.3. The van der Waals surface area contributed by atoms with Crippen LogP contribution in [0.2, 0.25) is 0 Å². The Kier molecular flexibility index (Phi) is 9.17. The van der Waals surface area contributed by atoms with Gasteiger partial charge in [-0.2, -0.15) is 0 Å². The molecule has 198 valence electrons. The van der Waals surface area contributed by atoms with Crippen molar-refractivity contribution in [1.82, 2.24) is 9.13 Å². The van der Waals surface area contributed by atoms with Crippen LogP contribution in [0.5, 0.6) is 5.88 Å². The van der Waals surface area contributed by atoms with Crippen molar-refractivity contribution in [3.63, 3.8) is 0 Å². The van der Waals surface area contributed by atoms with Gasteiger partial charge in [-0.05, 0) is 50.8 Å². The first-order chi connectivity index (χ1) is 17.7. The molecule has 1 aliphatic rings. The molecule has 0 atom stereocenters. The molecular weight excluding hydrogens is 466 g/mol. The smallest absolute Gasteiger partial charge is 0.333 e. The number of fused-ring (bicyclic) bond motifs is 1. The zero-order chi connectivity index (χ0) is 27.2. The van der Waals surface area contributed by atoms with Crippen LogP contribution in [0.25, 0.3) is 6.08 Å². The molecule has 7 heteroatoms. The molecule has 3 rings (SSSR count). The van der Waals surface area contributed by atoms with Gasteiger partial charge in [0.25, 0.3) is 5.56 Å². The second-order valence-corrected chi connectivity index (χ2v) is 10.0. The van der Waals surface area contributed by atoms with E-state index in [9.17, 15) is 19.5 Å². The highest BCUT2D eigenvalue weighted by Crippen LogP contribution is 2.47. The van der Waals surface area contributed by atoms with Crippen molar-refractivity contribution >= 4 is 17.5 Å². The summed E-state index contributed by atoms with van der Waals surface area (Å²) in [5, 5.41) is 11.1. The highest BCUT2D eigenvalue weighted by molar-refractivity contribution is 5.88. The summed E-state index contributed by atoms with van der Waals surface area (Å²) in [7, 11) is 0. The SMILES string of the molecule is C=CC(=O)CCCn1c(O)c(C=C=C2N(CCCC)c3ccccc3C2(C)C)c(=O)n(CCCC)c1=O. The molecule has 1 aliphatic heterocycles. The van der Waals surface area contributed by atoms with E-state index in [-0.39, 0.29) is 36.3 Å². The summed E-state index contributed by atoms with van der Waals surface area (Å²) in [4.78, 5) is 40.4. The Hall–Kier alpha value is -3.57. The number of hydrogen-bond donors (Lipinski definition) is 1. The van der Waals surface area contributed by atoms with E-state index < -0.39 is 17.1 Å². The fraction of sp³-hybridized carbons (Fsp3) is 0.467. The molecule has 7 nitrogen and oxygen atoms in total. The molecule has 0 spiro atoms. The van der Waals surface area contributed by atoms with Crippen LogP contribution in [-0.4, -0.2) is 26.6 Å².